The first kappa shape index (κ1) is 54.3. The normalized spacial score (nSPS) is 16.2. The molecule has 3 aliphatic rings. The minimum Gasteiger partial charge on any atom is -0.457 e. The smallest absolute Gasteiger partial charge is 0.194 e. The largest absolute Gasteiger partial charge is 0.457 e. The number of halogens is 6. The fourth-order valence-electron chi connectivity index (χ4n) is 13.3. The quantitative estimate of drug-likeness (QED) is 0.0800. The number of hydrogen-bond acceptors (Lipinski definition) is 3. The average Bonchev–Trinajstić information content (AvgIpc) is 1.72. The molecule has 0 fully saturated rings. The minimum absolute atomic E-state index is 0.155. The van der Waals surface area contributed by atoms with E-state index in [2.05, 4.69) is 24.1 Å². The van der Waals surface area contributed by atoms with Gasteiger partial charge in [0.1, 0.15) is 23.0 Å². The number of allylic oxidation sites excluding steroid dienone is 4. The zero-order chi connectivity index (χ0) is 59.6. The fraction of sp³-hybridized carbons (Fsp3) is 0.0513. The maximum atomic E-state index is 16.1. The van der Waals surface area contributed by atoms with Gasteiger partial charge in [-0.15, -0.1) is 0 Å². The van der Waals surface area contributed by atoms with Crippen LogP contribution in [0.1, 0.15) is 68.5 Å². The summed E-state index contributed by atoms with van der Waals surface area (Å²) in [5, 5.41) is 0. The number of ether oxygens (including phenoxy) is 2. The van der Waals surface area contributed by atoms with E-state index in [1.807, 2.05) is 206 Å². The van der Waals surface area contributed by atoms with Gasteiger partial charge >= 0.3 is 0 Å². The van der Waals surface area contributed by atoms with Crippen LogP contribution >= 0.6 is 0 Å². The summed E-state index contributed by atoms with van der Waals surface area (Å²) in [6.45, 7) is 7.71. The van der Waals surface area contributed by atoms with Gasteiger partial charge in [0.2, 0.25) is 0 Å². The molecule has 11 aromatic rings. The molecule has 0 radical (unpaired) electrons. The highest BCUT2D eigenvalue weighted by Crippen LogP contribution is 2.61. The Balaban J connectivity index is 0.989. The van der Waals surface area contributed by atoms with E-state index in [-0.39, 0.29) is 11.1 Å². The summed E-state index contributed by atoms with van der Waals surface area (Å²) in [7, 11) is 0. The number of benzene rings is 11. The number of hydrogen-bond donors (Lipinski definition) is 0. The standard InChI is InChI=1S/C78H51F6NO2/c1-3-48-18-32-59(33-19-48)86-61-36-24-52(25-37-61)77(54-42-71(79)75(83)72(80)43-54)67-16-10-8-14-63(67)65-40-30-57(46-69(65)77)85(56-28-22-51(23-29-56)50-12-6-5-7-13-50)58-31-41-66-64-15-9-11-17-68(64)78(70(66)47-58,55-44-73(81)76(84)74(82)45-55)53-26-38-62(39-27-53)87-60-34-20-49(4-2)21-35-60/h3-8,10-14,16-47H,1-2,9,15H2. The maximum absolute atomic E-state index is 16.1. The van der Waals surface area contributed by atoms with E-state index in [0.717, 1.165) is 80.0 Å². The first-order valence-corrected chi connectivity index (χ1v) is 28.5. The Kier molecular flexibility index (Phi) is 13.6. The Hall–Kier alpha value is -10.6. The van der Waals surface area contributed by atoms with Gasteiger partial charge in [0, 0.05) is 17.1 Å². The van der Waals surface area contributed by atoms with Crippen LogP contribution in [0.3, 0.4) is 0 Å². The molecule has 0 aliphatic heterocycles. The highest BCUT2D eigenvalue weighted by molar-refractivity contribution is 5.93. The van der Waals surface area contributed by atoms with Crippen molar-refractivity contribution in [2.24, 2.45) is 0 Å². The first-order valence-electron chi connectivity index (χ1n) is 28.5. The van der Waals surface area contributed by atoms with Crippen molar-refractivity contribution in [3.63, 3.8) is 0 Å². The number of nitrogens with zero attached hydrogens (tertiary/aromatic N) is 1. The van der Waals surface area contributed by atoms with Crippen molar-refractivity contribution in [3.05, 3.63) is 358 Å². The van der Waals surface area contributed by atoms with Gasteiger partial charge in [-0.2, -0.15) is 0 Å². The lowest BCUT2D eigenvalue weighted by atomic mass is 9.66. The fourth-order valence-corrected chi connectivity index (χ4v) is 13.3. The molecule has 0 N–H and O–H groups in total. The zero-order valence-electron chi connectivity index (χ0n) is 46.7. The Bertz CT molecular complexity index is 4550. The zero-order valence-corrected chi connectivity index (χ0v) is 46.7. The van der Waals surface area contributed by atoms with Gasteiger partial charge in [0.15, 0.2) is 34.9 Å². The molecule has 2 unspecified atom stereocenters. The Morgan fingerprint density at radius 3 is 1.33 bits per heavy atom. The van der Waals surface area contributed by atoms with Gasteiger partial charge in [-0.3, -0.25) is 0 Å². The molecule has 0 bridgehead atoms. The monoisotopic (exact) mass is 1150 g/mol. The molecule has 0 amide bonds. The van der Waals surface area contributed by atoms with Gasteiger partial charge in [-0.1, -0.05) is 165 Å². The molecule has 0 heterocycles. The van der Waals surface area contributed by atoms with Crippen molar-refractivity contribution in [2.45, 2.75) is 23.7 Å². The molecule has 0 saturated carbocycles. The third kappa shape index (κ3) is 9.08. The molecule has 0 saturated heterocycles. The predicted molar refractivity (Wildman–Crippen MR) is 335 cm³/mol. The van der Waals surface area contributed by atoms with Crippen molar-refractivity contribution >= 4 is 34.8 Å². The van der Waals surface area contributed by atoms with Crippen LogP contribution in [0.15, 0.2) is 267 Å². The summed E-state index contributed by atoms with van der Waals surface area (Å²) >= 11 is 0. The van der Waals surface area contributed by atoms with E-state index in [1.165, 1.54) is 0 Å². The van der Waals surface area contributed by atoms with Gasteiger partial charge < -0.3 is 14.4 Å². The predicted octanol–water partition coefficient (Wildman–Crippen LogP) is 21.3. The molecule has 11 aromatic carbocycles. The van der Waals surface area contributed by atoms with E-state index in [9.17, 15) is 0 Å². The highest BCUT2D eigenvalue weighted by Gasteiger charge is 2.50. The summed E-state index contributed by atoms with van der Waals surface area (Å²) in [6, 6.07) is 72.0. The third-order valence-corrected chi connectivity index (χ3v) is 17.2. The molecular formula is C78H51F6NO2. The van der Waals surface area contributed by atoms with Crippen LogP contribution in [0.5, 0.6) is 23.0 Å². The van der Waals surface area contributed by atoms with Gasteiger partial charge in [-0.05, 0) is 211 Å². The molecule has 87 heavy (non-hydrogen) atoms. The molecule has 3 aliphatic carbocycles. The van der Waals surface area contributed by atoms with Gasteiger partial charge in [-0.25, -0.2) is 26.3 Å². The van der Waals surface area contributed by atoms with Gasteiger partial charge in [0.25, 0.3) is 0 Å². The second kappa shape index (κ2) is 21.8. The summed E-state index contributed by atoms with van der Waals surface area (Å²) in [6.07, 6.45) is 8.88. The van der Waals surface area contributed by atoms with Crippen LogP contribution in [0, 0.1) is 34.9 Å². The number of rotatable bonds is 14. The van der Waals surface area contributed by atoms with E-state index >= 15 is 26.3 Å². The Morgan fingerprint density at radius 1 is 0.379 bits per heavy atom. The molecule has 422 valence electrons. The van der Waals surface area contributed by atoms with E-state index in [0.29, 0.717) is 75.0 Å². The molecule has 14 rings (SSSR count). The topological polar surface area (TPSA) is 21.7 Å². The Labute approximate surface area is 500 Å². The lowest BCUT2D eigenvalue weighted by molar-refractivity contribution is 0.443. The minimum atomic E-state index is -1.59. The van der Waals surface area contributed by atoms with Crippen LogP contribution in [-0.2, 0) is 10.8 Å². The second-order valence-electron chi connectivity index (χ2n) is 21.9. The lowest BCUT2D eigenvalue weighted by Gasteiger charge is -2.37. The molecule has 0 spiro atoms. The molecule has 9 heteroatoms. The number of fused-ring (bicyclic) bond motifs is 5. The summed E-state index contributed by atoms with van der Waals surface area (Å²) < 4.78 is 108. The van der Waals surface area contributed by atoms with E-state index in [1.54, 1.807) is 24.3 Å². The maximum Gasteiger partial charge on any atom is 0.194 e. The summed E-state index contributed by atoms with van der Waals surface area (Å²) in [4.78, 5) is 2.09. The van der Waals surface area contributed by atoms with Crippen LogP contribution in [0.25, 0.3) is 40.0 Å². The number of anilines is 3. The van der Waals surface area contributed by atoms with Crippen LogP contribution in [0.2, 0.25) is 0 Å². The van der Waals surface area contributed by atoms with Crippen molar-refractivity contribution in [1.82, 2.24) is 0 Å². The van der Waals surface area contributed by atoms with Crippen molar-refractivity contribution < 1.29 is 35.8 Å². The summed E-state index contributed by atoms with van der Waals surface area (Å²) in [5.74, 6) is -6.31. The van der Waals surface area contributed by atoms with Gasteiger partial charge in [0.05, 0.1) is 10.8 Å². The molecule has 3 nitrogen and oxygen atoms in total. The van der Waals surface area contributed by atoms with Crippen molar-refractivity contribution in [3.8, 4) is 45.3 Å². The van der Waals surface area contributed by atoms with Crippen LogP contribution in [-0.4, -0.2) is 0 Å². The summed E-state index contributed by atoms with van der Waals surface area (Å²) in [5.41, 5.74) is 10.8. The molecule has 2 atom stereocenters. The van der Waals surface area contributed by atoms with E-state index in [4.69, 9.17) is 9.47 Å². The highest BCUT2D eigenvalue weighted by atomic mass is 19.2. The van der Waals surface area contributed by atoms with Crippen molar-refractivity contribution in [2.75, 3.05) is 4.90 Å². The van der Waals surface area contributed by atoms with E-state index < -0.39 is 45.7 Å². The first-order chi connectivity index (χ1) is 42.5. The van der Waals surface area contributed by atoms with Crippen molar-refractivity contribution in [1.29, 1.82) is 0 Å². The third-order valence-electron chi connectivity index (χ3n) is 17.2. The Morgan fingerprint density at radius 2 is 0.805 bits per heavy atom. The second-order valence-corrected chi connectivity index (χ2v) is 21.9. The molecular weight excluding hydrogens is 1100 g/mol. The SMILES string of the molecule is C=Cc1ccc(Oc2ccc(C3(c4cc(F)c(F)c(F)c4)C4=C(CCC=C4)c4ccc(N(c5ccc(-c6ccccc6)cc5)c5ccc6c(c5)C(c5ccc(Oc7ccc(C=C)cc7)cc5)(c5cc(F)c(F)c(F)c5)c5ccccc5-6)cc43)cc2)cc1. The van der Waals surface area contributed by atoms with Crippen LogP contribution < -0.4 is 14.4 Å². The average molecular weight is 1150 g/mol. The van der Waals surface area contributed by atoms with Crippen LogP contribution in [0.4, 0.5) is 43.4 Å². The molecule has 0 aromatic heterocycles. The lowest BCUT2D eigenvalue weighted by Crippen LogP contribution is -2.30.